The molecule has 70 valence electrons. The molecule has 0 aromatic rings. The highest BCUT2D eigenvalue weighted by Crippen LogP contribution is 2.11. The van der Waals surface area contributed by atoms with Gasteiger partial charge in [-0.05, 0) is 6.42 Å². The van der Waals surface area contributed by atoms with E-state index in [1.807, 2.05) is 3.93 Å². The van der Waals surface area contributed by atoms with Gasteiger partial charge in [0.05, 0.1) is 16.1 Å². The second kappa shape index (κ2) is 5.46. The van der Waals surface area contributed by atoms with E-state index in [0.29, 0.717) is 0 Å². The van der Waals surface area contributed by atoms with E-state index in [-0.39, 0.29) is 0 Å². The molecule has 0 aliphatic carbocycles. The predicted molar refractivity (Wildman–Crippen MR) is 55.6 cm³/mol. The van der Waals surface area contributed by atoms with Crippen LogP contribution in [0.15, 0.2) is 12.4 Å². The van der Waals surface area contributed by atoms with E-state index < -0.39 is 0 Å². The molecule has 0 saturated heterocycles. The molecule has 0 aromatic heterocycles. The molecule has 0 N–H and O–H groups in total. The topological polar surface area (TPSA) is 6.48 Å². The zero-order valence-corrected chi connectivity index (χ0v) is 9.26. The van der Waals surface area contributed by atoms with Gasteiger partial charge in [-0.15, -0.1) is 0 Å². The number of halogens is 1. The van der Waals surface area contributed by atoms with Crippen molar-refractivity contribution in [2.45, 2.75) is 32.6 Å². The van der Waals surface area contributed by atoms with Crippen LogP contribution in [-0.4, -0.2) is 22.0 Å². The summed E-state index contributed by atoms with van der Waals surface area (Å²) in [5, 5.41) is 0. The van der Waals surface area contributed by atoms with E-state index in [1.165, 1.54) is 32.2 Å². The molecule has 1 aliphatic rings. The van der Waals surface area contributed by atoms with Crippen molar-refractivity contribution in [2.75, 3.05) is 13.2 Å². The van der Waals surface area contributed by atoms with Gasteiger partial charge in [0.15, 0.2) is 0 Å². The van der Waals surface area contributed by atoms with Crippen LogP contribution in [0.25, 0.3) is 0 Å². The number of nitrogens with zero attached hydrogens (tertiary/aromatic N) is 2. The molecule has 0 fully saturated rings. The first-order valence-electron chi connectivity index (χ1n) is 4.67. The van der Waals surface area contributed by atoms with Crippen LogP contribution >= 0.6 is 16.1 Å². The van der Waals surface area contributed by atoms with Crippen molar-refractivity contribution < 1.29 is 0 Å². The monoisotopic (exact) mass is 232 g/mol. The summed E-state index contributed by atoms with van der Waals surface area (Å²) in [5.74, 6) is 0. The van der Waals surface area contributed by atoms with Crippen LogP contribution in [-0.2, 0) is 0 Å². The molecule has 12 heavy (non-hydrogen) atoms. The Bertz CT molecular complexity index is 147. The summed E-state index contributed by atoms with van der Waals surface area (Å²) in [6.07, 6.45) is 9.57. The van der Waals surface area contributed by atoms with Crippen molar-refractivity contribution in [3.05, 3.63) is 12.4 Å². The maximum atomic E-state index is 3.41. The molecule has 0 atom stereocenters. The summed E-state index contributed by atoms with van der Waals surface area (Å²) >= 11 is 3.41. The summed E-state index contributed by atoms with van der Waals surface area (Å²) in [5.41, 5.74) is 0. The molecule has 0 spiro atoms. The lowest BCUT2D eigenvalue weighted by atomic mass is 10.2. The minimum atomic E-state index is 0.992. The van der Waals surface area contributed by atoms with Crippen LogP contribution in [0.1, 0.15) is 32.6 Å². The number of hydrogen-bond acceptors (Lipinski definition) is 2. The van der Waals surface area contributed by atoms with Gasteiger partial charge in [-0.25, -0.2) is 0 Å². The van der Waals surface area contributed by atoms with Gasteiger partial charge in [0, 0.05) is 18.9 Å². The van der Waals surface area contributed by atoms with Crippen molar-refractivity contribution in [3.63, 3.8) is 0 Å². The standard InChI is InChI=1S/C9H17BrN2/c1-2-3-4-5-6-11-7-8-12(10)9-11/h7-8H,2-6,9H2,1H3. The molecule has 0 radical (unpaired) electrons. The molecule has 2 nitrogen and oxygen atoms in total. The van der Waals surface area contributed by atoms with E-state index in [1.54, 1.807) is 0 Å². The number of rotatable bonds is 5. The maximum Gasteiger partial charge on any atom is 0.100 e. The molecule has 3 heteroatoms. The Morgan fingerprint density at radius 2 is 2.08 bits per heavy atom. The van der Waals surface area contributed by atoms with Crippen LogP contribution in [0.2, 0.25) is 0 Å². The van der Waals surface area contributed by atoms with Crippen molar-refractivity contribution >= 4 is 16.1 Å². The summed E-state index contributed by atoms with van der Waals surface area (Å²) in [4.78, 5) is 2.32. The third-order valence-corrected chi connectivity index (χ3v) is 2.52. The van der Waals surface area contributed by atoms with Gasteiger partial charge in [0.25, 0.3) is 0 Å². The number of hydrogen-bond donors (Lipinski definition) is 0. The highest BCUT2D eigenvalue weighted by Gasteiger charge is 2.07. The summed E-state index contributed by atoms with van der Waals surface area (Å²) in [7, 11) is 0. The van der Waals surface area contributed by atoms with Crippen LogP contribution in [0, 0.1) is 0 Å². The largest absolute Gasteiger partial charge is 0.358 e. The SMILES string of the molecule is CCCCCCN1C=CN(Br)C1. The molecule has 0 bridgehead atoms. The molecule has 0 amide bonds. The van der Waals surface area contributed by atoms with E-state index in [4.69, 9.17) is 0 Å². The van der Waals surface area contributed by atoms with E-state index in [2.05, 4.69) is 40.4 Å². The second-order valence-corrected chi connectivity index (χ2v) is 4.12. The van der Waals surface area contributed by atoms with E-state index in [0.717, 1.165) is 6.67 Å². The molecule has 1 heterocycles. The Labute approximate surface area is 83.6 Å². The first-order chi connectivity index (χ1) is 5.83. The lowest BCUT2D eigenvalue weighted by Crippen LogP contribution is -2.20. The van der Waals surface area contributed by atoms with Crippen LogP contribution in [0.4, 0.5) is 0 Å². The fourth-order valence-electron chi connectivity index (χ4n) is 1.32. The van der Waals surface area contributed by atoms with E-state index in [9.17, 15) is 0 Å². The maximum absolute atomic E-state index is 3.41. The Balaban J connectivity index is 1.98. The lowest BCUT2D eigenvalue weighted by Gasteiger charge is -2.16. The van der Waals surface area contributed by atoms with Crippen molar-refractivity contribution in [1.82, 2.24) is 8.83 Å². The Morgan fingerprint density at radius 1 is 1.25 bits per heavy atom. The van der Waals surface area contributed by atoms with Gasteiger partial charge in [-0.1, -0.05) is 26.2 Å². The minimum Gasteiger partial charge on any atom is -0.358 e. The minimum absolute atomic E-state index is 0.992. The normalized spacial score (nSPS) is 16.2. The Kier molecular flexibility index (Phi) is 4.51. The molecular formula is C9H17BrN2. The highest BCUT2D eigenvalue weighted by molar-refractivity contribution is 9.07. The predicted octanol–water partition coefficient (Wildman–Crippen LogP) is 2.92. The number of unbranched alkanes of at least 4 members (excludes halogenated alkanes) is 3. The van der Waals surface area contributed by atoms with Gasteiger partial charge >= 0.3 is 0 Å². The molecular weight excluding hydrogens is 216 g/mol. The Hall–Kier alpha value is -0.180. The average Bonchev–Trinajstić information content (AvgIpc) is 2.45. The van der Waals surface area contributed by atoms with Gasteiger partial charge in [0.2, 0.25) is 0 Å². The van der Waals surface area contributed by atoms with Gasteiger partial charge in [-0.2, -0.15) is 0 Å². The first-order valence-corrected chi connectivity index (χ1v) is 5.38. The highest BCUT2D eigenvalue weighted by atomic mass is 79.9. The molecule has 1 aliphatic heterocycles. The lowest BCUT2D eigenvalue weighted by molar-refractivity contribution is 0.341. The Morgan fingerprint density at radius 3 is 2.67 bits per heavy atom. The van der Waals surface area contributed by atoms with Crippen molar-refractivity contribution in [3.8, 4) is 0 Å². The first kappa shape index (κ1) is 9.90. The molecule has 0 unspecified atom stereocenters. The summed E-state index contributed by atoms with van der Waals surface area (Å²) in [6.45, 7) is 4.43. The van der Waals surface area contributed by atoms with Crippen LogP contribution in [0.5, 0.6) is 0 Å². The van der Waals surface area contributed by atoms with Gasteiger partial charge < -0.3 is 4.90 Å². The van der Waals surface area contributed by atoms with Gasteiger partial charge in [-0.3, -0.25) is 3.93 Å². The van der Waals surface area contributed by atoms with Crippen molar-refractivity contribution in [2.24, 2.45) is 0 Å². The molecule has 0 saturated carbocycles. The summed E-state index contributed by atoms with van der Waals surface area (Å²) in [6, 6.07) is 0. The average molecular weight is 233 g/mol. The van der Waals surface area contributed by atoms with Crippen molar-refractivity contribution in [1.29, 1.82) is 0 Å². The zero-order valence-electron chi connectivity index (χ0n) is 7.67. The fourth-order valence-corrected chi connectivity index (χ4v) is 1.72. The van der Waals surface area contributed by atoms with Crippen LogP contribution in [0.3, 0.4) is 0 Å². The van der Waals surface area contributed by atoms with E-state index >= 15 is 0 Å². The van der Waals surface area contributed by atoms with Gasteiger partial charge in [0.1, 0.15) is 6.67 Å². The summed E-state index contributed by atoms with van der Waals surface area (Å²) < 4.78 is 2.02. The second-order valence-electron chi connectivity index (χ2n) is 3.21. The smallest absolute Gasteiger partial charge is 0.100 e. The molecule has 1 rings (SSSR count). The molecule has 0 aromatic carbocycles. The third kappa shape index (κ3) is 3.48. The fraction of sp³-hybridized carbons (Fsp3) is 0.778. The van der Waals surface area contributed by atoms with Crippen LogP contribution < -0.4 is 0 Å². The zero-order chi connectivity index (χ0) is 8.81. The third-order valence-electron chi connectivity index (χ3n) is 2.05. The quantitative estimate of drug-likeness (QED) is 0.532.